The van der Waals surface area contributed by atoms with Crippen LogP contribution in [0.5, 0.6) is 0 Å². The Balaban J connectivity index is 1.51. The normalized spacial score (nSPS) is 15.1. The van der Waals surface area contributed by atoms with Crippen molar-refractivity contribution in [3.63, 3.8) is 0 Å². The number of halogens is 1. The van der Waals surface area contributed by atoms with Gasteiger partial charge in [-0.3, -0.25) is 9.89 Å². The zero-order valence-electron chi connectivity index (χ0n) is 15.8. The number of benzene rings is 2. The molecule has 3 aromatic rings. The molecule has 1 saturated heterocycles. The average Bonchev–Trinajstić information content (AvgIpc) is 3.18. The van der Waals surface area contributed by atoms with Crippen LogP contribution in [-0.4, -0.2) is 51.3 Å². The number of nitrogens with zero attached hydrogens (tertiary/aromatic N) is 2. The van der Waals surface area contributed by atoms with Gasteiger partial charge in [0.15, 0.2) is 5.69 Å². The van der Waals surface area contributed by atoms with Crippen molar-refractivity contribution < 1.29 is 19.2 Å². The van der Waals surface area contributed by atoms with E-state index in [0.29, 0.717) is 25.6 Å². The molecule has 1 aromatic heterocycles. The second-order valence-electron chi connectivity index (χ2n) is 7.39. The summed E-state index contributed by atoms with van der Waals surface area (Å²) in [6, 6.07) is 10.6. The molecule has 0 unspecified atom stereocenters. The van der Waals surface area contributed by atoms with Gasteiger partial charge in [-0.1, -0.05) is 24.3 Å². The average molecular weight is 396 g/mol. The molecule has 7 nitrogen and oxygen atoms in total. The Morgan fingerprint density at radius 3 is 2.72 bits per heavy atom. The quantitative estimate of drug-likeness (QED) is 0.489. The number of piperidine rings is 1. The van der Waals surface area contributed by atoms with Gasteiger partial charge in [-0.05, 0) is 47.5 Å². The summed E-state index contributed by atoms with van der Waals surface area (Å²) in [4.78, 5) is 14.6. The Labute approximate surface area is 167 Å². The number of nitrogens with one attached hydrogen (secondary N) is 1. The summed E-state index contributed by atoms with van der Waals surface area (Å²) in [6.07, 6.45) is 1.62. The third kappa shape index (κ3) is 3.76. The van der Waals surface area contributed by atoms with E-state index in [1.54, 1.807) is 4.90 Å². The molecule has 9 heteroatoms. The zero-order valence-corrected chi connectivity index (χ0v) is 15.8. The number of hydrogen-bond acceptors (Lipinski definition) is 5. The summed E-state index contributed by atoms with van der Waals surface area (Å²) in [5.41, 5.74) is 8.31. The lowest BCUT2D eigenvalue weighted by atomic mass is 9.80. The number of carbonyl (C=O) groups is 1. The lowest BCUT2D eigenvalue weighted by molar-refractivity contribution is 0.0708. The maximum Gasteiger partial charge on any atom is 0.488 e. The number of H-pyrrole nitrogens is 1. The summed E-state index contributed by atoms with van der Waals surface area (Å²) >= 11 is 0. The van der Waals surface area contributed by atoms with Crippen LogP contribution in [0.15, 0.2) is 36.4 Å². The number of likely N-dealkylation sites (tertiary alicyclic amines) is 1. The summed E-state index contributed by atoms with van der Waals surface area (Å²) in [5.74, 6) is -0.690. The molecule has 1 aliphatic heterocycles. The summed E-state index contributed by atoms with van der Waals surface area (Å²) in [6.45, 7) is 1.61. The first kappa shape index (κ1) is 19.6. The summed E-state index contributed by atoms with van der Waals surface area (Å²) in [7, 11) is -1.80. The minimum absolute atomic E-state index is 0.00169. The van der Waals surface area contributed by atoms with Crippen molar-refractivity contribution in [2.45, 2.75) is 25.3 Å². The first-order valence-corrected chi connectivity index (χ1v) is 9.59. The topological polar surface area (TPSA) is 115 Å². The molecule has 1 aliphatic rings. The van der Waals surface area contributed by atoms with E-state index in [1.807, 2.05) is 12.1 Å². The Kier molecular flexibility index (Phi) is 5.36. The number of hydrogen-bond donors (Lipinski definition) is 4. The lowest BCUT2D eigenvalue weighted by Crippen LogP contribution is -2.38. The number of fused-ring (bicyclic) bond motifs is 1. The molecule has 150 valence electrons. The highest BCUT2D eigenvalue weighted by Gasteiger charge is 2.28. The van der Waals surface area contributed by atoms with Crippen molar-refractivity contribution in [2.24, 2.45) is 5.73 Å². The van der Waals surface area contributed by atoms with E-state index in [-0.39, 0.29) is 28.0 Å². The van der Waals surface area contributed by atoms with Gasteiger partial charge < -0.3 is 20.7 Å². The van der Waals surface area contributed by atoms with Crippen LogP contribution in [0, 0.1) is 5.82 Å². The van der Waals surface area contributed by atoms with Gasteiger partial charge in [-0.25, -0.2) is 4.39 Å². The number of amides is 1. The minimum Gasteiger partial charge on any atom is -0.423 e. The van der Waals surface area contributed by atoms with E-state index in [2.05, 4.69) is 22.3 Å². The van der Waals surface area contributed by atoms with Crippen LogP contribution in [0.1, 0.15) is 40.4 Å². The maximum atomic E-state index is 14.5. The first-order chi connectivity index (χ1) is 14.0. The van der Waals surface area contributed by atoms with Gasteiger partial charge in [-0.2, -0.15) is 5.10 Å². The van der Waals surface area contributed by atoms with E-state index in [4.69, 9.17) is 5.73 Å². The fourth-order valence-corrected chi connectivity index (χ4v) is 3.97. The van der Waals surface area contributed by atoms with Crippen LogP contribution in [0.3, 0.4) is 0 Å². The Morgan fingerprint density at radius 2 is 2.03 bits per heavy atom. The molecule has 2 heterocycles. The van der Waals surface area contributed by atoms with Crippen molar-refractivity contribution in [3.05, 3.63) is 59.0 Å². The molecular formula is C20H22BFN4O3. The monoisotopic (exact) mass is 396 g/mol. The van der Waals surface area contributed by atoms with Crippen LogP contribution in [0.2, 0.25) is 0 Å². The van der Waals surface area contributed by atoms with Gasteiger partial charge in [0.2, 0.25) is 0 Å². The maximum absolute atomic E-state index is 14.5. The molecule has 1 fully saturated rings. The second-order valence-corrected chi connectivity index (χ2v) is 7.39. The molecule has 0 atom stereocenters. The smallest absolute Gasteiger partial charge is 0.423 e. The van der Waals surface area contributed by atoms with Crippen LogP contribution < -0.4 is 11.2 Å². The third-order valence-corrected chi connectivity index (χ3v) is 5.58. The zero-order chi connectivity index (χ0) is 20.5. The van der Waals surface area contributed by atoms with Crippen LogP contribution >= 0.6 is 0 Å². The van der Waals surface area contributed by atoms with Crippen molar-refractivity contribution in [1.82, 2.24) is 15.1 Å². The van der Waals surface area contributed by atoms with Gasteiger partial charge in [-0.15, -0.1) is 0 Å². The molecule has 0 aliphatic carbocycles. The van der Waals surface area contributed by atoms with E-state index >= 15 is 0 Å². The molecule has 29 heavy (non-hydrogen) atoms. The molecule has 0 bridgehead atoms. The van der Waals surface area contributed by atoms with E-state index in [1.165, 1.54) is 11.6 Å². The standard InChI is InChI=1S/C20H22BFN4O3/c22-16-9-15(21(28)29)10-17-18(16)19(25-24-17)20(27)26-6-4-13(5-7-26)14-3-1-2-12(8-14)11-23/h1-3,8-10,13,28-29H,4-7,11,23H2,(H,24,25). The molecule has 0 saturated carbocycles. The van der Waals surface area contributed by atoms with Crippen molar-refractivity contribution in [2.75, 3.05) is 13.1 Å². The van der Waals surface area contributed by atoms with Crippen molar-refractivity contribution >= 4 is 29.4 Å². The largest absolute Gasteiger partial charge is 0.488 e. The highest BCUT2D eigenvalue weighted by molar-refractivity contribution is 6.58. The third-order valence-electron chi connectivity index (χ3n) is 5.58. The van der Waals surface area contributed by atoms with E-state index < -0.39 is 12.9 Å². The van der Waals surface area contributed by atoms with E-state index in [9.17, 15) is 19.2 Å². The Bertz CT molecular complexity index is 1050. The number of rotatable bonds is 4. The Hall–Kier alpha value is -2.75. The van der Waals surface area contributed by atoms with Gasteiger partial charge in [0.1, 0.15) is 5.82 Å². The number of carbonyl (C=O) groups excluding carboxylic acids is 1. The second kappa shape index (κ2) is 7.94. The summed E-state index contributed by atoms with van der Waals surface area (Å²) < 4.78 is 14.5. The molecule has 2 aromatic carbocycles. The highest BCUT2D eigenvalue weighted by atomic mass is 19.1. The van der Waals surface area contributed by atoms with Gasteiger partial charge in [0.25, 0.3) is 5.91 Å². The van der Waals surface area contributed by atoms with Crippen LogP contribution in [-0.2, 0) is 6.54 Å². The fraction of sp³-hybridized carbons (Fsp3) is 0.300. The minimum atomic E-state index is -1.80. The SMILES string of the molecule is NCc1cccc(C2CCN(C(=O)c3n[nH]c4cc(B(O)O)cc(F)c34)CC2)c1. The van der Waals surface area contributed by atoms with Gasteiger partial charge in [0, 0.05) is 19.6 Å². The first-order valence-electron chi connectivity index (χ1n) is 9.59. The molecule has 0 spiro atoms. The fourth-order valence-electron chi connectivity index (χ4n) is 3.97. The molecule has 5 N–H and O–H groups in total. The van der Waals surface area contributed by atoms with Gasteiger partial charge in [0.05, 0.1) is 10.9 Å². The van der Waals surface area contributed by atoms with Crippen molar-refractivity contribution in [3.8, 4) is 0 Å². The Morgan fingerprint density at radius 1 is 1.28 bits per heavy atom. The number of aromatic nitrogens is 2. The molecule has 1 amide bonds. The van der Waals surface area contributed by atoms with E-state index in [0.717, 1.165) is 24.5 Å². The number of nitrogens with two attached hydrogens (primary N) is 1. The predicted molar refractivity (Wildman–Crippen MR) is 108 cm³/mol. The van der Waals surface area contributed by atoms with Gasteiger partial charge >= 0.3 is 7.12 Å². The molecule has 4 rings (SSSR count). The van der Waals surface area contributed by atoms with Crippen LogP contribution in [0.25, 0.3) is 10.9 Å². The summed E-state index contributed by atoms with van der Waals surface area (Å²) in [5, 5.41) is 25.2. The lowest BCUT2D eigenvalue weighted by Gasteiger charge is -2.32. The predicted octanol–water partition coefficient (Wildman–Crippen LogP) is 0.860. The van der Waals surface area contributed by atoms with Crippen molar-refractivity contribution in [1.29, 1.82) is 0 Å². The molecule has 0 radical (unpaired) electrons. The van der Waals surface area contributed by atoms with Crippen LogP contribution in [0.4, 0.5) is 4.39 Å². The molecular weight excluding hydrogens is 374 g/mol. The highest BCUT2D eigenvalue weighted by Crippen LogP contribution is 2.30. The number of aromatic amines is 1.